The first-order valence-corrected chi connectivity index (χ1v) is 5.36. The van der Waals surface area contributed by atoms with Crippen LogP contribution in [0.3, 0.4) is 0 Å². The predicted octanol–water partition coefficient (Wildman–Crippen LogP) is 2.97. The minimum Gasteiger partial charge on any atom is -0.496 e. The first-order chi connectivity index (χ1) is 8.60. The zero-order valence-corrected chi connectivity index (χ0v) is 10.1. The van der Waals surface area contributed by atoms with Crippen molar-refractivity contribution in [3.63, 3.8) is 0 Å². The van der Waals surface area contributed by atoms with Crippen molar-refractivity contribution in [2.75, 3.05) is 7.11 Å². The smallest absolute Gasteiger partial charge is 0.273 e. The predicted molar refractivity (Wildman–Crippen MR) is 67.6 cm³/mol. The molecule has 92 valence electrons. The van der Waals surface area contributed by atoms with Crippen molar-refractivity contribution < 1.29 is 9.66 Å². The minimum absolute atomic E-state index is 0.0128. The molecular weight excluding hydrogens is 232 g/mol. The highest BCUT2D eigenvalue weighted by molar-refractivity contribution is 5.68. The molecule has 0 fully saturated rings. The Hall–Kier alpha value is -2.43. The van der Waals surface area contributed by atoms with Crippen LogP contribution in [0.2, 0.25) is 0 Å². The van der Waals surface area contributed by atoms with Gasteiger partial charge in [0.1, 0.15) is 5.75 Å². The maximum Gasteiger partial charge on any atom is 0.273 e. The Balaban J connectivity index is 2.56. The van der Waals surface area contributed by atoms with Crippen LogP contribution in [0.5, 0.6) is 5.75 Å². The fourth-order valence-electron chi connectivity index (χ4n) is 1.70. The largest absolute Gasteiger partial charge is 0.496 e. The van der Waals surface area contributed by atoms with Crippen LogP contribution >= 0.6 is 0 Å². The van der Waals surface area contributed by atoms with Crippen LogP contribution in [0.1, 0.15) is 5.69 Å². The number of aromatic nitrogens is 1. The first kappa shape index (κ1) is 12.0. The Kier molecular flexibility index (Phi) is 3.23. The maximum absolute atomic E-state index is 10.9. The van der Waals surface area contributed by atoms with E-state index in [0.29, 0.717) is 5.75 Å². The van der Waals surface area contributed by atoms with Crippen LogP contribution in [0.15, 0.2) is 36.5 Å². The summed E-state index contributed by atoms with van der Waals surface area (Å²) in [4.78, 5) is 14.5. The van der Waals surface area contributed by atoms with E-state index in [1.807, 2.05) is 19.1 Å². The highest BCUT2D eigenvalue weighted by Crippen LogP contribution is 2.29. The Labute approximate surface area is 104 Å². The molecule has 1 aromatic carbocycles. The number of nitro benzene ring substituents is 1. The van der Waals surface area contributed by atoms with Gasteiger partial charge >= 0.3 is 0 Å². The molecule has 2 aromatic rings. The first-order valence-electron chi connectivity index (χ1n) is 5.36. The number of aryl methyl sites for hydroxylation is 1. The second-order valence-electron chi connectivity index (χ2n) is 3.86. The highest BCUT2D eigenvalue weighted by Gasteiger charge is 2.11. The fourth-order valence-corrected chi connectivity index (χ4v) is 1.70. The van der Waals surface area contributed by atoms with Crippen LogP contribution in [0.25, 0.3) is 11.1 Å². The van der Waals surface area contributed by atoms with Crippen molar-refractivity contribution in [3.8, 4) is 16.9 Å². The molecule has 5 heteroatoms. The van der Waals surface area contributed by atoms with Crippen LogP contribution in [-0.2, 0) is 0 Å². The summed E-state index contributed by atoms with van der Waals surface area (Å²) in [5, 5.41) is 10.9. The normalized spacial score (nSPS) is 10.1. The van der Waals surface area contributed by atoms with E-state index in [1.54, 1.807) is 12.3 Å². The SMILES string of the molecule is COc1cc(-c2ccnc(C)c2)cc([N+](=O)[O-])c1. The molecule has 0 saturated heterocycles. The zero-order chi connectivity index (χ0) is 13.1. The lowest BCUT2D eigenvalue weighted by molar-refractivity contribution is -0.384. The summed E-state index contributed by atoms with van der Waals surface area (Å²) in [7, 11) is 1.49. The van der Waals surface area contributed by atoms with Crippen molar-refractivity contribution in [1.82, 2.24) is 4.98 Å². The molecule has 0 atom stereocenters. The molecule has 0 N–H and O–H groups in total. The molecule has 18 heavy (non-hydrogen) atoms. The average molecular weight is 244 g/mol. The summed E-state index contributed by atoms with van der Waals surface area (Å²) in [6.07, 6.45) is 1.68. The molecule has 0 aliphatic rings. The van der Waals surface area contributed by atoms with Crippen LogP contribution in [0, 0.1) is 17.0 Å². The van der Waals surface area contributed by atoms with Gasteiger partial charge in [-0.2, -0.15) is 0 Å². The van der Waals surface area contributed by atoms with Crippen molar-refractivity contribution in [2.45, 2.75) is 6.92 Å². The van der Waals surface area contributed by atoms with E-state index >= 15 is 0 Å². The number of benzene rings is 1. The van der Waals surface area contributed by atoms with Crippen LogP contribution < -0.4 is 4.74 Å². The van der Waals surface area contributed by atoms with Crippen LogP contribution in [0.4, 0.5) is 5.69 Å². The molecule has 0 saturated carbocycles. The summed E-state index contributed by atoms with van der Waals surface area (Å²) in [5.74, 6) is 0.466. The average Bonchev–Trinajstić information content (AvgIpc) is 2.38. The van der Waals surface area contributed by atoms with Gasteiger partial charge in [-0.15, -0.1) is 0 Å². The number of nitrogens with zero attached hydrogens (tertiary/aromatic N) is 2. The third-order valence-electron chi connectivity index (χ3n) is 2.57. The van der Waals surface area contributed by atoms with Gasteiger partial charge in [0.05, 0.1) is 18.1 Å². The van der Waals surface area contributed by atoms with Crippen LogP contribution in [-0.4, -0.2) is 17.0 Å². The van der Waals surface area contributed by atoms with E-state index in [0.717, 1.165) is 16.8 Å². The molecule has 2 rings (SSSR count). The van der Waals surface area contributed by atoms with E-state index in [9.17, 15) is 10.1 Å². The van der Waals surface area contributed by atoms with Gasteiger partial charge in [-0.05, 0) is 36.2 Å². The summed E-state index contributed by atoms with van der Waals surface area (Å²) in [6, 6.07) is 8.38. The second-order valence-corrected chi connectivity index (χ2v) is 3.86. The molecule has 0 amide bonds. The van der Waals surface area contributed by atoms with E-state index in [2.05, 4.69) is 4.98 Å². The standard InChI is InChI=1S/C13H12N2O3/c1-9-5-10(3-4-14-9)11-6-12(15(16)17)8-13(7-11)18-2/h3-8H,1-2H3. The van der Waals surface area contributed by atoms with Gasteiger partial charge in [0, 0.05) is 18.0 Å². The number of nitro groups is 1. The number of methoxy groups -OCH3 is 1. The van der Waals surface area contributed by atoms with Gasteiger partial charge < -0.3 is 4.74 Å². The van der Waals surface area contributed by atoms with Crippen molar-refractivity contribution in [3.05, 3.63) is 52.3 Å². The topological polar surface area (TPSA) is 65.3 Å². The number of non-ortho nitro benzene ring substituents is 1. The van der Waals surface area contributed by atoms with Gasteiger partial charge in [-0.1, -0.05) is 0 Å². The second kappa shape index (κ2) is 4.83. The van der Waals surface area contributed by atoms with Gasteiger partial charge in [0.25, 0.3) is 5.69 Å². The third-order valence-corrected chi connectivity index (χ3v) is 2.57. The lowest BCUT2D eigenvalue weighted by atomic mass is 10.1. The number of hydrogen-bond donors (Lipinski definition) is 0. The molecule has 1 heterocycles. The summed E-state index contributed by atoms with van der Waals surface area (Å²) >= 11 is 0. The summed E-state index contributed by atoms with van der Waals surface area (Å²) < 4.78 is 5.08. The minimum atomic E-state index is -0.430. The number of hydrogen-bond acceptors (Lipinski definition) is 4. The lowest BCUT2D eigenvalue weighted by Gasteiger charge is -2.06. The van der Waals surface area contributed by atoms with Gasteiger partial charge in [0.2, 0.25) is 0 Å². The summed E-state index contributed by atoms with van der Waals surface area (Å²) in [5.41, 5.74) is 2.49. The van der Waals surface area contributed by atoms with E-state index < -0.39 is 4.92 Å². The molecule has 0 bridgehead atoms. The monoisotopic (exact) mass is 244 g/mol. The van der Waals surface area contributed by atoms with E-state index in [-0.39, 0.29) is 5.69 Å². The van der Waals surface area contributed by atoms with Crippen molar-refractivity contribution in [1.29, 1.82) is 0 Å². The maximum atomic E-state index is 10.9. The number of rotatable bonds is 3. The van der Waals surface area contributed by atoms with E-state index in [1.165, 1.54) is 19.2 Å². The van der Waals surface area contributed by atoms with E-state index in [4.69, 9.17) is 4.74 Å². The molecule has 5 nitrogen and oxygen atoms in total. The number of pyridine rings is 1. The highest BCUT2D eigenvalue weighted by atomic mass is 16.6. The van der Waals surface area contributed by atoms with Crippen molar-refractivity contribution in [2.24, 2.45) is 0 Å². The lowest BCUT2D eigenvalue weighted by Crippen LogP contribution is -1.92. The molecule has 1 aromatic heterocycles. The molecule has 0 unspecified atom stereocenters. The third kappa shape index (κ3) is 2.45. The molecule has 0 aliphatic carbocycles. The Morgan fingerprint density at radius 1 is 1.22 bits per heavy atom. The molecule has 0 radical (unpaired) electrons. The quantitative estimate of drug-likeness (QED) is 0.615. The molecular formula is C13H12N2O3. The van der Waals surface area contributed by atoms with Gasteiger partial charge in [0.15, 0.2) is 0 Å². The molecule has 0 aliphatic heterocycles. The Morgan fingerprint density at radius 2 is 2.00 bits per heavy atom. The zero-order valence-electron chi connectivity index (χ0n) is 10.1. The fraction of sp³-hybridized carbons (Fsp3) is 0.154. The summed E-state index contributed by atoms with van der Waals surface area (Å²) in [6.45, 7) is 1.87. The number of ether oxygens (including phenoxy) is 1. The van der Waals surface area contributed by atoms with Crippen molar-refractivity contribution >= 4 is 5.69 Å². The Morgan fingerprint density at radius 3 is 2.61 bits per heavy atom. The van der Waals surface area contributed by atoms with Gasteiger partial charge in [-0.3, -0.25) is 15.1 Å². The Bertz CT molecular complexity index is 597. The van der Waals surface area contributed by atoms with Gasteiger partial charge in [-0.25, -0.2) is 0 Å². The molecule has 0 spiro atoms.